The summed E-state index contributed by atoms with van der Waals surface area (Å²) in [7, 11) is 1.36. The molecule has 1 amide bonds. The van der Waals surface area contributed by atoms with Gasteiger partial charge in [-0.25, -0.2) is 0 Å². The number of methoxy groups -OCH3 is 1. The molecule has 0 fully saturated rings. The molecule has 0 rings (SSSR count). The first-order chi connectivity index (χ1) is 11.1. The van der Waals surface area contributed by atoms with E-state index in [1.807, 2.05) is 13.2 Å². The van der Waals surface area contributed by atoms with E-state index in [-0.39, 0.29) is 12.0 Å². The van der Waals surface area contributed by atoms with Crippen LogP contribution in [0, 0.1) is 0 Å². The number of hydrogen-bond donors (Lipinski definition) is 2. The summed E-state index contributed by atoms with van der Waals surface area (Å²) in [5, 5.41) is 5.72. The predicted octanol–water partition coefficient (Wildman–Crippen LogP) is 1.31. The van der Waals surface area contributed by atoms with Crippen molar-refractivity contribution in [2.24, 2.45) is 4.99 Å². The third-order valence-corrected chi connectivity index (χ3v) is 3.83. The quantitative estimate of drug-likeness (QED) is 0.264. The van der Waals surface area contributed by atoms with Crippen LogP contribution in [0.15, 0.2) is 4.99 Å². The van der Waals surface area contributed by atoms with Gasteiger partial charge < -0.3 is 0 Å². The number of nitrogens with zero attached hydrogens (tertiary/aromatic N) is 1. The van der Waals surface area contributed by atoms with Crippen LogP contribution < -0.4 is 10.6 Å². The molecule has 139 valence electrons. The van der Waals surface area contributed by atoms with Crippen molar-refractivity contribution in [2.75, 3.05) is 25.7 Å². The average Bonchev–Trinajstić information content (AvgIpc) is 2.46. The van der Waals surface area contributed by atoms with Crippen molar-refractivity contribution in [3.8, 4) is 0 Å². The molecule has 0 aromatic heterocycles. The Labute approximate surface area is 156 Å². The number of amidine groups is 1. The van der Waals surface area contributed by atoms with Crippen molar-refractivity contribution >= 4 is 44.6 Å². The maximum atomic E-state index is 11.7. The van der Waals surface area contributed by atoms with Crippen LogP contribution in [0.2, 0.25) is 0 Å². The zero-order valence-corrected chi connectivity index (χ0v) is 17.7. The zero-order valence-electron chi connectivity index (χ0n) is 15.2. The zero-order chi connectivity index (χ0) is 18.8. The average molecular weight is 425 g/mol. The van der Waals surface area contributed by atoms with Crippen molar-refractivity contribution in [2.45, 2.75) is 51.8 Å². The molecule has 0 aliphatic heterocycles. The fourth-order valence-corrected chi connectivity index (χ4v) is 2.52. The number of esters is 1. The Balaban J connectivity index is 4.45. The Morgan fingerprint density at radius 2 is 1.92 bits per heavy atom. The number of rotatable bonds is 8. The van der Waals surface area contributed by atoms with Gasteiger partial charge in [0.1, 0.15) is 0 Å². The van der Waals surface area contributed by atoms with E-state index in [4.69, 9.17) is 9.47 Å². The minimum atomic E-state index is -0.538. The Kier molecular flexibility index (Phi) is 11.2. The fraction of sp³-hybridized carbons (Fsp3) is 0.800. The second-order valence-corrected chi connectivity index (χ2v) is 7.99. The van der Waals surface area contributed by atoms with E-state index in [0.717, 1.165) is 5.75 Å². The molecule has 2 N–H and O–H groups in total. The second-order valence-electron chi connectivity index (χ2n) is 6.19. The van der Waals surface area contributed by atoms with Crippen LogP contribution in [0.25, 0.3) is 0 Å². The Bertz CT molecular complexity index is 441. The van der Waals surface area contributed by atoms with Gasteiger partial charge in [0, 0.05) is 0 Å². The van der Waals surface area contributed by atoms with Crippen molar-refractivity contribution in [1.29, 1.82) is 0 Å². The normalized spacial score (nSPS) is 14.5. The standard InChI is InChI=1S/C15H28N3O4SSe/c1-10(17-14(20)22-15(2,3)4)9-16-13(24)18-11(7-8-23-6)12(19)21-5/h10-11H,7-9H2,1-6H3,(H,16,18)(H,17,20)/t10?,11-/m0/s1. The predicted molar refractivity (Wildman–Crippen MR) is 98.8 cm³/mol. The monoisotopic (exact) mass is 426 g/mol. The molecule has 0 aliphatic rings. The van der Waals surface area contributed by atoms with E-state index in [0.29, 0.717) is 17.7 Å². The summed E-state index contributed by atoms with van der Waals surface area (Å²) in [4.78, 5) is 27.7. The molecule has 2 atom stereocenters. The Morgan fingerprint density at radius 3 is 2.42 bits per heavy atom. The molecule has 0 saturated carbocycles. The first-order valence-electron chi connectivity index (χ1n) is 7.63. The van der Waals surface area contributed by atoms with Crippen LogP contribution in [0.3, 0.4) is 0 Å². The van der Waals surface area contributed by atoms with Gasteiger partial charge in [0.25, 0.3) is 0 Å². The van der Waals surface area contributed by atoms with Gasteiger partial charge in [0.15, 0.2) is 0 Å². The molecule has 7 nitrogen and oxygen atoms in total. The number of amides is 1. The molecule has 0 bridgehead atoms. The van der Waals surface area contributed by atoms with Crippen LogP contribution in [0.1, 0.15) is 34.1 Å². The summed E-state index contributed by atoms with van der Waals surface area (Å²) in [6.45, 7) is 7.59. The van der Waals surface area contributed by atoms with E-state index >= 15 is 0 Å². The van der Waals surface area contributed by atoms with E-state index in [1.165, 1.54) is 7.11 Å². The molecule has 1 unspecified atom stereocenters. The molecule has 1 radical (unpaired) electrons. The van der Waals surface area contributed by atoms with Gasteiger partial charge in [-0.15, -0.1) is 0 Å². The molecular formula is C15H28N3O4SSe. The molecule has 0 heterocycles. The van der Waals surface area contributed by atoms with Crippen molar-refractivity contribution in [3.05, 3.63) is 0 Å². The first kappa shape index (κ1) is 23.1. The van der Waals surface area contributed by atoms with Crippen LogP contribution >= 0.6 is 11.8 Å². The number of carbonyl (C=O) groups is 2. The van der Waals surface area contributed by atoms with Gasteiger partial charge in [-0.1, -0.05) is 0 Å². The summed E-state index contributed by atoms with van der Waals surface area (Å²) < 4.78 is 10.5. The van der Waals surface area contributed by atoms with Crippen molar-refractivity contribution in [3.63, 3.8) is 0 Å². The first-order valence-corrected chi connectivity index (χ1v) is 9.88. The number of carbonyl (C=O) groups excluding carboxylic acids is 2. The molecule has 0 aromatic rings. The van der Waals surface area contributed by atoms with Crippen molar-refractivity contribution in [1.82, 2.24) is 10.6 Å². The number of nitrogens with one attached hydrogen (secondary N) is 2. The van der Waals surface area contributed by atoms with E-state index in [9.17, 15) is 9.59 Å². The van der Waals surface area contributed by atoms with Gasteiger partial charge in [-0.2, -0.15) is 0 Å². The Morgan fingerprint density at radius 1 is 1.29 bits per heavy atom. The SMILES string of the molecule is COC(=O)[C@H](CCSC)NC([Se])=NCC(C)NC(=O)OC(C)(C)C. The van der Waals surface area contributed by atoms with Crippen LogP contribution in [-0.4, -0.2) is 76.2 Å². The summed E-state index contributed by atoms with van der Waals surface area (Å²) in [6.07, 6.45) is 2.14. The fourth-order valence-electron chi connectivity index (χ4n) is 1.60. The molecular weight excluding hydrogens is 397 g/mol. The number of ether oxygens (including phenoxy) is 2. The van der Waals surface area contributed by atoms with Gasteiger partial charge >= 0.3 is 157 Å². The van der Waals surface area contributed by atoms with Gasteiger partial charge in [-0.3, -0.25) is 0 Å². The molecule has 24 heavy (non-hydrogen) atoms. The van der Waals surface area contributed by atoms with E-state index in [2.05, 4.69) is 31.6 Å². The summed E-state index contributed by atoms with van der Waals surface area (Å²) >= 11 is 4.45. The summed E-state index contributed by atoms with van der Waals surface area (Å²) in [5.41, 5.74) is -0.538. The number of thioether (sulfide) groups is 1. The molecule has 0 aromatic carbocycles. The van der Waals surface area contributed by atoms with E-state index < -0.39 is 17.7 Å². The van der Waals surface area contributed by atoms with Crippen LogP contribution in [0.5, 0.6) is 0 Å². The number of hydrogen-bond acceptors (Lipinski definition) is 6. The second kappa shape index (κ2) is 11.6. The number of aliphatic imine (C=N–C) groups is 1. The minimum absolute atomic E-state index is 0.201. The molecule has 0 aliphatic carbocycles. The summed E-state index contributed by atoms with van der Waals surface area (Å²) in [5.74, 6) is 0.503. The molecule has 9 heteroatoms. The van der Waals surface area contributed by atoms with E-state index in [1.54, 1.807) is 32.5 Å². The van der Waals surface area contributed by atoms with Gasteiger partial charge in [0.05, 0.1) is 0 Å². The molecule has 0 spiro atoms. The molecule has 0 saturated heterocycles. The number of alkyl carbamates (subject to hydrolysis) is 1. The third kappa shape index (κ3) is 11.6. The summed E-state index contributed by atoms with van der Waals surface area (Å²) in [6, 6.07) is -0.649. The van der Waals surface area contributed by atoms with Gasteiger partial charge in [-0.05, 0) is 0 Å². The van der Waals surface area contributed by atoms with Crippen molar-refractivity contribution < 1.29 is 19.1 Å². The van der Waals surface area contributed by atoms with Crippen LogP contribution in [0.4, 0.5) is 4.79 Å². The topological polar surface area (TPSA) is 89.0 Å². The Hall–Kier alpha value is -0.921. The van der Waals surface area contributed by atoms with Gasteiger partial charge in [0.2, 0.25) is 0 Å². The third-order valence-electron chi connectivity index (χ3n) is 2.67. The maximum absolute atomic E-state index is 11.7. The van der Waals surface area contributed by atoms with Crippen LogP contribution in [-0.2, 0) is 14.3 Å².